The molecule has 2 N–H and O–H groups in total. The molecule has 0 radical (unpaired) electrons. The van der Waals surface area contributed by atoms with E-state index < -0.39 is 6.10 Å². The topological polar surface area (TPSA) is 61.8 Å². The molecule has 2 rings (SSSR count). The molecular formula is C16H26N2O3S2. The first-order valence-electron chi connectivity index (χ1n) is 7.96. The summed E-state index contributed by atoms with van der Waals surface area (Å²) in [7, 11) is 1.60. The molecule has 23 heavy (non-hydrogen) atoms. The molecule has 5 nitrogen and oxygen atoms in total. The largest absolute Gasteiger partial charge is 0.389 e. The van der Waals surface area contributed by atoms with Gasteiger partial charge in [0.25, 0.3) is 0 Å². The Bertz CT molecular complexity index is 448. The van der Waals surface area contributed by atoms with Crippen molar-refractivity contribution < 1.29 is 14.6 Å². The second-order valence-electron chi connectivity index (χ2n) is 5.82. The normalized spacial score (nSPS) is 18.0. The molecule has 0 aromatic carbocycles. The summed E-state index contributed by atoms with van der Waals surface area (Å²) in [6, 6.07) is 4.40. The van der Waals surface area contributed by atoms with Crippen LogP contribution in [0.2, 0.25) is 0 Å². The Balaban J connectivity index is 1.57. The molecule has 7 heteroatoms. The number of aliphatic hydroxyl groups excluding tert-OH is 1. The predicted molar refractivity (Wildman–Crippen MR) is 96.0 cm³/mol. The minimum atomic E-state index is -0.431. The van der Waals surface area contributed by atoms with Gasteiger partial charge in [0, 0.05) is 43.4 Å². The highest BCUT2D eigenvalue weighted by atomic mass is 32.2. The summed E-state index contributed by atoms with van der Waals surface area (Å²) in [5, 5.41) is 14.9. The van der Waals surface area contributed by atoms with E-state index in [1.54, 1.807) is 30.2 Å². The molecule has 1 fully saturated rings. The van der Waals surface area contributed by atoms with Crippen LogP contribution >= 0.6 is 23.1 Å². The lowest BCUT2D eigenvalue weighted by molar-refractivity contribution is -0.119. The summed E-state index contributed by atoms with van der Waals surface area (Å²) < 4.78 is 4.95. The number of carbonyl (C=O) groups is 1. The van der Waals surface area contributed by atoms with Crippen molar-refractivity contribution in [2.75, 3.05) is 39.1 Å². The van der Waals surface area contributed by atoms with Crippen molar-refractivity contribution in [3.05, 3.63) is 22.4 Å². The average molecular weight is 359 g/mol. The number of methoxy groups -OCH3 is 1. The van der Waals surface area contributed by atoms with E-state index in [2.05, 4.69) is 21.7 Å². The lowest BCUT2D eigenvalue weighted by Gasteiger charge is -2.33. The van der Waals surface area contributed by atoms with Gasteiger partial charge in [-0.05, 0) is 24.3 Å². The molecule has 1 aromatic rings. The number of piperidine rings is 1. The molecule has 1 aliphatic rings. The Morgan fingerprint density at radius 3 is 3.00 bits per heavy atom. The summed E-state index contributed by atoms with van der Waals surface area (Å²) in [5.41, 5.74) is 0. The number of nitrogens with one attached hydrogen (secondary N) is 1. The summed E-state index contributed by atoms with van der Waals surface area (Å²) in [6.45, 7) is 2.84. The number of thioether (sulfide) groups is 1. The second-order valence-corrected chi connectivity index (χ2v) is 7.84. The van der Waals surface area contributed by atoms with Gasteiger partial charge >= 0.3 is 0 Å². The third kappa shape index (κ3) is 7.22. The molecule has 1 saturated heterocycles. The van der Waals surface area contributed by atoms with Crippen molar-refractivity contribution >= 4 is 29.0 Å². The van der Waals surface area contributed by atoms with E-state index in [-0.39, 0.29) is 11.9 Å². The van der Waals surface area contributed by atoms with E-state index in [4.69, 9.17) is 4.74 Å². The van der Waals surface area contributed by atoms with Gasteiger partial charge in [-0.1, -0.05) is 6.07 Å². The van der Waals surface area contributed by atoms with Crippen molar-refractivity contribution in [3.8, 4) is 0 Å². The minimum Gasteiger partial charge on any atom is -0.389 e. The number of hydrogen-bond donors (Lipinski definition) is 2. The first-order valence-corrected chi connectivity index (χ1v) is 9.99. The Labute approximate surface area is 146 Å². The second kappa shape index (κ2) is 10.3. The van der Waals surface area contributed by atoms with Crippen LogP contribution in [0.4, 0.5) is 0 Å². The highest BCUT2D eigenvalue weighted by Crippen LogP contribution is 2.17. The lowest BCUT2D eigenvalue weighted by atomic mass is 10.0. The van der Waals surface area contributed by atoms with E-state index in [0.717, 1.165) is 31.7 Å². The molecule has 1 atom stereocenters. The number of carbonyl (C=O) groups excluding carboxylic acids is 1. The van der Waals surface area contributed by atoms with Crippen molar-refractivity contribution in [1.82, 2.24) is 10.2 Å². The van der Waals surface area contributed by atoms with Crippen molar-refractivity contribution in [1.29, 1.82) is 0 Å². The highest BCUT2D eigenvalue weighted by molar-refractivity contribution is 7.99. The quantitative estimate of drug-likeness (QED) is 0.702. The van der Waals surface area contributed by atoms with Crippen LogP contribution in [0.1, 0.15) is 17.7 Å². The summed E-state index contributed by atoms with van der Waals surface area (Å²) in [4.78, 5) is 15.5. The van der Waals surface area contributed by atoms with E-state index in [1.807, 2.05) is 6.07 Å². The Hall–Kier alpha value is -0.600. The molecule has 0 aliphatic carbocycles. The van der Waals surface area contributed by atoms with E-state index in [0.29, 0.717) is 18.9 Å². The van der Waals surface area contributed by atoms with Gasteiger partial charge in [0.15, 0.2) is 0 Å². The number of nitrogens with zero attached hydrogens (tertiary/aromatic N) is 1. The molecule has 1 amide bonds. The molecule has 1 aromatic heterocycles. The number of hydrogen-bond acceptors (Lipinski definition) is 6. The minimum absolute atomic E-state index is 0.129. The number of β-amino-alcohol motifs (C(OH)–C–C–N with tert-alkyl or cyclic N) is 1. The van der Waals surface area contributed by atoms with E-state index >= 15 is 0 Å². The molecule has 0 unspecified atom stereocenters. The Kier molecular flexibility index (Phi) is 8.39. The fraction of sp³-hybridized carbons (Fsp3) is 0.688. The Morgan fingerprint density at radius 1 is 1.57 bits per heavy atom. The monoisotopic (exact) mass is 358 g/mol. The zero-order chi connectivity index (χ0) is 16.5. The van der Waals surface area contributed by atoms with Gasteiger partial charge in [0.05, 0.1) is 18.5 Å². The van der Waals surface area contributed by atoms with Gasteiger partial charge in [0.2, 0.25) is 5.91 Å². The molecule has 0 spiro atoms. The van der Waals surface area contributed by atoms with Gasteiger partial charge in [-0.3, -0.25) is 4.79 Å². The predicted octanol–water partition coefficient (Wildman–Crippen LogP) is 1.57. The lowest BCUT2D eigenvalue weighted by Crippen LogP contribution is -2.47. The number of amides is 1. The molecular weight excluding hydrogens is 332 g/mol. The zero-order valence-electron chi connectivity index (χ0n) is 13.6. The smallest absolute Gasteiger partial charge is 0.230 e. The molecule has 1 aliphatic heterocycles. The Morgan fingerprint density at radius 2 is 2.35 bits per heavy atom. The molecule has 2 heterocycles. The van der Waals surface area contributed by atoms with Crippen LogP contribution in [0.25, 0.3) is 0 Å². The van der Waals surface area contributed by atoms with Crippen LogP contribution in [0.5, 0.6) is 0 Å². The highest BCUT2D eigenvalue weighted by Gasteiger charge is 2.22. The van der Waals surface area contributed by atoms with Crippen LogP contribution in [0, 0.1) is 0 Å². The van der Waals surface area contributed by atoms with E-state index in [1.165, 1.54) is 4.88 Å². The van der Waals surface area contributed by atoms with Gasteiger partial charge < -0.3 is 20.1 Å². The zero-order valence-corrected chi connectivity index (χ0v) is 15.2. The summed E-state index contributed by atoms with van der Waals surface area (Å²) in [5.74, 6) is 1.55. The number of thiophene rings is 1. The molecule has 130 valence electrons. The van der Waals surface area contributed by atoms with Crippen LogP contribution < -0.4 is 5.32 Å². The van der Waals surface area contributed by atoms with Gasteiger partial charge in [-0.25, -0.2) is 0 Å². The molecule has 0 saturated carbocycles. The SMILES string of the molecule is COC[C@@H](O)CN1CCC(NC(=O)CSCc2cccs2)CC1. The summed E-state index contributed by atoms with van der Waals surface area (Å²) in [6.07, 6.45) is 1.46. The van der Waals surface area contributed by atoms with Crippen LogP contribution in [0.3, 0.4) is 0 Å². The van der Waals surface area contributed by atoms with Crippen LogP contribution in [-0.4, -0.2) is 67.2 Å². The van der Waals surface area contributed by atoms with Crippen molar-refractivity contribution in [2.24, 2.45) is 0 Å². The van der Waals surface area contributed by atoms with E-state index in [9.17, 15) is 9.90 Å². The van der Waals surface area contributed by atoms with Crippen molar-refractivity contribution in [2.45, 2.75) is 30.7 Å². The van der Waals surface area contributed by atoms with Gasteiger partial charge in [0.1, 0.15) is 0 Å². The van der Waals surface area contributed by atoms with Gasteiger partial charge in [-0.15, -0.1) is 23.1 Å². The molecule has 0 bridgehead atoms. The maximum atomic E-state index is 12.0. The van der Waals surface area contributed by atoms with Crippen molar-refractivity contribution in [3.63, 3.8) is 0 Å². The number of likely N-dealkylation sites (tertiary alicyclic amines) is 1. The maximum Gasteiger partial charge on any atom is 0.230 e. The average Bonchev–Trinajstić information content (AvgIpc) is 3.03. The van der Waals surface area contributed by atoms with Gasteiger partial charge in [-0.2, -0.15) is 0 Å². The number of rotatable bonds is 9. The number of ether oxygens (including phenoxy) is 1. The van der Waals surface area contributed by atoms with Crippen LogP contribution in [-0.2, 0) is 15.3 Å². The third-order valence-electron chi connectivity index (χ3n) is 3.84. The maximum absolute atomic E-state index is 12.0. The third-order valence-corrected chi connectivity index (χ3v) is 5.88. The standard InChI is InChI=1S/C16H26N2O3S2/c1-21-10-14(19)9-18-6-4-13(5-7-18)17-16(20)12-22-11-15-3-2-8-23-15/h2-3,8,13-14,19H,4-7,9-12H2,1H3,(H,17,20)/t14-/m0/s1. The number of aliphatic hydroxyl groups is 1. The summed E-state index contributed by atoms with van der Waals surface area (Å²) >= 11 is 3.39. The van der Waals surface area contributed by atoms with Crippen LogP contribution in [0.15, 0.2) is 17.5 Å². The fourth-order valence-corrected chi connectivity index (χ4v) is 4.39. The first kappa shape index (κ1) is 18.7. The fourth-order valence-electron chi connectivity index (χ4n) is 2.71. The first-order chi connectivity index (χ1) is 11.2.